The number of rotatable bonds is 5. The molecule has 1 N–H and O–H groups in total. The Morgan fingerprint density at radius 3 is 2.71 bits per heavy atom. The maximum Gasteiger partial charge on any atom is 0.251 e. The molecule has 4 heteroatoms. The Hall–Kier alpha value is -2.43. The summed E-state index contributed by atoms with van der Waals surface area (Å²) in [6.07, 6.45) is 1.06. The second-order valence-electron chi connectivity index (χ2n) is 7.59. The minimum absolute atomic E-state index is 0.00939. The average molecular weight is 391 g/mol. The van der Waals surface area contributed by atoms with Crippen molar-refractivity contribution in [2.24, 2.45) is 0 Å². The lowest BCUT2D eigenvalue weighted by molar-refractivity contribution is 0.0927. The van der Waals surface area contributed by atoms with Crippen LogP contribution in [0.4, 0.5) is 0 Å². The first-order chi connectivity index (χ1) is 13.6. The van der Waals surface area contributed by atoms with E-state index >= 15 is 0 Å². The van der Waals surface area contributed by atoms with Crippen LogP contribution < -0.4 is 5.32 Å². The van der Waals surface area contributed by atoms with Gasteiger partial charge in [0, 0.05) is 25.2 Å². The lowest BCUT2D eigenvalue weighted by atomic mass is 9.97. The van der Waals surface area contributed by atoms with Crippen LogP contribution in [0.1, 0.15) is 44.2 Å². The maximum atomic E-state index is 12.8. The summed E-state index contributed by atoms with van der Waals surface area (Å²) in [5.41, 5.74) is 7.09. The molecule has 144 valence electrons. The molecule has 3 nitrogen and oxygen atoms in total. The summed E-state index contributed by atoms with van der Waals surface area (Å²) in [4.78, 5) is 15.3. The number of thiophene rings is 1. The molecule has 2 aromatic carbocycles. The smallest absolute Gasteiger partial charge is 0.251 e. The summed E-state index contributed by atoms with van der Waals surface area (Å²) in [7, 11) is 0. The molecule has 0 fully saturated rings. The van der Waals surface area contributed by atoms with E-state index in [-0.39, 0.29) is 11.9 Å². The Morgan fingerprint density at radius 2 is 1.96 bits per heavy atom. The van der Waals surface area contributed by atoms with Crippen molar-refractivity contribution in [2.75, 3.05) is 13.1 Å². The zero-order valence-corrected chi connectivity index (χ0v) is 17.3. The molecule has 28 heavy (non-hydrogen) atoms. The number of carbonyl (C=O) groups excluding carboxylic acids is 1. The highest BCUT2D eigenvalue weighted by molar-refractivity contribution is 7.07. The summed E-state index contributed by atoms with van der Waals surface area (Å²) in [5.74, 6) is 0.00939. The number of fused-ring (bicyclic) bond motifs is 1. The van der Waals surface area contributed by atoms with Gasteiger partial charge in [0.05, 0.1) is 6.04 Å². The van der Waals surface area contributed by atoms with E-state index in [9.17, 15) is 4.79 Å². The van der Waals surface area contributed by atoms with Gasteiger partial charge in [-0.15, -0.1) is 0 Å². The van der Waals surface area contributed by atoms with Gasteiger partial charge in [-0.3, -0.25) is 9.69 Å². The highest BCUT2D eigenvalue weighted by Crippen LogP contribution is 2.29. The predicted octanol–water partition coefficient (Wildman–Crippen LogP) is 4.89. The fourth-order valence-corrected chi connectivity index (χ4v) is 4.77. The van der Waals surface area contributed by atoms with Crippen LogP contribution in [0.25, 0.3) is 0 Å². The summed E-state index contributed by atoms with van der Waals surface area (Å²) >= 11 is 1.71. The molecule has 1 atom stereocenters. The minimum Gasteiger partial charge on any atom is -0.350 e. The third kappa shape index (κ3) is 4.03. The molecule has 1 aromatic heterocycles. The van der Waals surface area contributed by atoms with E-state index in [2.05, 4.69) is 64.3 Å². The van der Waals surface area contributed by atoms with Crippen molar-refractivity contribution >= 4 is 17.2 Å². The van der Waals surface area contributed by atoms with Crippen LogP contribution >= 0.6 is 11.3 Å². The zero-order valence-electron chi connectivity index (χ0n) is 16.4. The molecule has 1 amide bonds. The van der Waals surface area contributed by atoms with Crippen molar-refractivity contribution in [1.29, 1.82) is 0 Å². The van der Waals surface area contributed by atoms with Gasteiger partial charge in [0.15, 0.2) is 0 Å². The molecule has 0 bridgehead atoms. The van der Waals surface area contributed by atoms with Gasteiger partial charge < -0.3 is 5.32 Å². The molecule has 2 heterocycles. The van der Waals surface area contributed by atoms with Crippen LogP contribution in [0.3, 0.4) is 0 Å². The fourth-order valence-electron chi connectivity index (χ4n) is 4.06. The quantitative estimate of drug-likeness (QED) is 0.672. The van der Waals surface area contributed by atoms with E-state index in [1.165, 1.54) is 22.3 Å². The molecule has 3 aromatic rings. The average Bonchev–Trinajstić information content (AvgIpc) is 3.22. The van der Waals surface area contributed by atoms with Crippen LogP contribution in [-0.4, -0.2) is 23.9 Å². The summed E-state index contributed by atoms with van der Waals surface area (Å²) in [6.45, 7) is 6.60. The first kappa shape index (κ1) is 18.9. The molecule has 0 saturated heterocycles. The van der Waals surface area contributed by atoms with Crippen LogP contribution in [-0.2, 0) is 13.0 Å². The van der Waals surface area contributed by atoms with Crippen molar-refractivity contribution in [3.63, 3.8) is 0 Å². The fraction of sp³-hybridized carbons (Fsp3) is 0.292. The minimum atomic E-state index is 0.00939. The third-order valence-electron chi connectivity index (χ3n) is 5.61. The van der Waals surface area contributed by atoms with Gasteiger partial charge in [-0.25, -0.2) is 0 Å². The van der Waals surface area contributed by atoms with E-state index in [1.807, 2.05) is 19.1 Å². The lowest BCUT2D eigenvalue weighted by Gasteiger charge is -2.35. The summed E-state index contributed by atoms with van der Waals surface area (Å²) in [6, 6.07) is 17.0. The number of nitrogens with one attached hydrogen (secondary N) is 1. The molecule has 0 aliphatic carbocycles. The van der Waals surface area contributed by atoms with Gasteiger partial charge >= 0.3 is 0 Å². The Morgan fingerprint density at radius 1 is 1.14 bits per heavy atom. The first-order valence-electron chi connectivity index (χ1n) is 9.80. The standard InChI is InChI=1S/C24H26N2OS/c1-17-7-8-22(18(2)13-17)24(27)25-14-23(21-10-12-28-16-21)26-11-9-19-5-3-4-6-20(19)15-26/h3-8,10,12-13,16,23H,9,11,14-15H2,1-2H3,(H,25,27). The molecule has 1 aliphatic rings. The number of hydrogen-bond donors (Lipinski definition) is 1. The van der Waals surface area contributed by atoms with Crippen molar-refractivity contribution in [1.82, 2.24) is 10.2 Å². The van der Waals surface area contributed by atoms with E-state index in [0.29, 0.717) is 6.54 Å². The summed E-state index contributed by atoms with van der Waals surface area (Å²) in [5, 5.41) is 7.51. The van der Waals surface area contributed by atoms with Gasteiger partial charge in [0.2, 0.25) is 0 Å². The lowest BCUT2D eigenvalue weighted by Crippen LogP contribution is -2.40. The van der Waals surface area contributed by atoms with Gasteiger partial charge in [0.25, 0.3) is 5.91 Å². The van der Waals surface area contributed by atoms with E-state index in [0.717, 1.165) is 30.6 Å². The van der Waals surface area contributed by atoms with E-state index < -0.39 is 0 Å². The highest BCUT2D eigenvalue weighted by atomic mass is 32.1. The Kier molecular flexibility index (Phi) is 5.60. The van der Waals surface area contributed by atoms with Gasteiger partial charge in [-0.05, 0) is 65.4 Å². The highest BCUT2D eigenvalue weighted by Gasteiger charge is 2.25. The van der Waals surface area contributed by atoms with Gasteiger partial charge in [-0.1, -0.05) is 42.0 Å². The molecule has 0 spiro atoms. The molecule has 1 unspecified atom stereocenters. The second kappa shape index (κ2) is 8.29. The van der Waals surface area contributed by atoms with E-state index in [1.54, 1.807) is 11.3 Å². The zero-order chi connectivity index (χ0) is 19.5. The molecule has 1 aliphatic heterocycles. The Labute approximate surface area is 171 Å². The normalized spacial score (nSPS) is 15.1. The summed E-state index contributed by atoms with van der Waals surface area (Å²) < 4.78 is 0. The van der Waals surface area contributed by atoms with Crippen LogP contribution in [0, 0.1) is 13.8 Å². The van der Waals surface area contributed by atoms with Crippen molar-refractivity contribution in [3.05, 3.63) is 92.7 Å². The topological polar surface area (TPSA) is 32.3 Å². The largest absolute Gasteiger partial charge is 0.350 e. The molecular weight excluding hydrogens is 364 g/mol. The van der Waals surface area contributed by atoms with Crippen LogP contribution in [0.5, 0.6) is 0 Å². The number of nitrogens with zero attached hydrogens (tertiary/aromatic N) is 1. The second-order valence-corrected chi connectivity index (χ2v) is 8.37. The number of amides is 1. The van der Waals surface area contributed by atoms with Crippen molar-refractivity contribution in [3.8, 4) is 0 Å². The molecule has 0 radical (unpaired) electrons. The predicted molar refractivity (Wildman–Crippen MR) is 116 cm³/mol. The molecule has 4 rings (SSSR count). The monoisotopic (exact) mass is 390 g/mol. The van der Waals surface area contributed by atoms with Gasteiger partial charge in [0.1, 0.15) is 0 Å². The molecule has 0 saturated carbocycles. The molecular formula is C24H26N2OS. The number of benzene rings is 2. The number of carbonyl (C=O) groups is 1. The Balaban J connectivity index is 1.51. The SMILES string of the molecule is Cc1ccc(C(=O)NCC(c2ccsc2)N2CCc3ccccc3C2)c(C)c1. The van der Waals surface area contributed by atoms with Crippen molar-refractivity contribution < 1.29 is 4.79 Å². The first-order valence-corrected chi connectivity index (χ1v) is 10.7. The van der Waals surface area contributed by atoms with Crippen LogP contribution in [0.2, 0.25) is 0 Å². The Bertz CT molecular complexity index is 964. The van der Waals surface area contributed by atoms with Gasteiger partial charge in [-0.2, -0.15) is 11.3 Å². The number of hydrogen-bond acceptors (Lipinski definition) is 3. The van der Waals surface area contributed by atoms with Crippen molar-refractivity contribution in [2.45, 2.75) is 32.9 Å². The third-order valence-corrected chi connectivity index (χ3v) is 6.31. The number of aryl methyl sites for hydroxylation is 2. The van der Waals surface area contributed by atoms with Crippen LogP contribution in [0.15, 0.2) is 59.3 Å². The van der Waals surface area contributed by atoms with E-state index in [4.69, 9.17) is 0 Å². The maximum absolute atomic E-state index is 12.8.